The first-order chi connectivity index (χ1) is 12.6. The molecular formula is C21H37N3O3. The van der Waals surface area contributed by atoms with Crippen molar-refractivity contribution in [1.29, 1.82) is 0 Å². The summed E-state index contributed by atoms with van der Waals surface area (Å²) < 4.78 is 7.10. The molecule has 6 heteroatoms. The van der Waals surface area contributed by atoms with E-state index >= 15 is 0 Å². The first kappa shape index (κ1) is 23.2. The van der Waals surface area contributed by atoms with Gasteiger partial charge in [-0.1, -0.05) is 40.5 Å². The Kier molecular flexibility index (Phi) is 9.53. The van der Waals surface area contributed by atoms with Crippen LogP contribution in [0.4, 0.5) is 0 Å². The molecule has 0 radical (unpaired) electrons. The Bertz CT molecular complexity index is 620. The highest BCUT2D eigenvalue weighted by molar-refractivity contribution is 5.81. The smallest absolute Gasteiger partial charge is 0.310 e. The summed E-state index contributed by atoms with van der Waals surface area (Å²) in [6.45, 7) is 15.1. The number of aromatic nitrogens is 2. The van der Waals surface area contributed by atoms with Gasteiger partial charge in [0.1, 0.15) is 0 Å². The fourth-order valence-electron chi connectivity index (χ4n) is 3.08. The second-order valence-corrected chi connectivity index (χ2v) is 8.36. The lowest BCUT2D eigenvalue weighted by Gasteiger charge is -2.14. The van der Waals surface area contributed by atoms with Crippen LogP contribution in [0.2, 0.25) is 0 Å². The van der Waals surface area contributed by atoms with E-state index in [4.69, 9.17) is 4.74 Å². The zero-order valence-corrected chi connectivity index (χ0v) is 18.1. The molecule has 0 bridgehead atoms. The number of carbonyl (C=O) groups excluding carboxylic acids is 2. The summed E-state index contributed by atoms with van der Waals surface area (Å²) in [6, 6.07) is 0.0914. The van der Waals surface area contributed by atoms with Crippen LogP contribution < -0.4 is 5.32 Å². The fraction of sp³-hybridized carbons (Fsp3) is 0.762. The molecule has 0 aliphatic rings. The summed E-state index contributed by atoms with van der Waals surface area (Å²) in [5.41, 5.74) is 2.72. The molecule has 1 N–H and O–H groups in total. The van der Waals surface area contributed by atoms with E-state index in [1.165, 1.54) is 0 Å². The Balaban J connectivity index is 2.43. The number of ether oxygens (including phenoxy) is 1. The predicted molar refractivity (Wildman–Crippen MR) is 107 cm³/mol. The van der Waals surface area contributed by atoms with Crippen LogP contribution in [0.25, 0.3) is 0 Å². The molecule has 0 saturated carbocycles. The molecule has 1 heterocycles. The number of carbonyl (C=O) groups is 2. The first-order valence-corrected chi connectivity index (χ1v) is 10.1. The predicted octanol–water partition coefficient (Wildman–Crippen LogP) is 3.57. The van der Waals surface area contributed by atoms with E-state index in [9.17, 15) is 9.59 Å². The maximum Gasteiger partial charge on any atom is 0.310 e. The SMILES string of the molecule is Cc1nn(CC(C)C)c(C)c1CC(=O)OCC(=O)NC(C)CCCC(C)C. The fourth-order valence-corrected chi connectivity index (χ4v) is 3.08. The largest absolute Gasteiger partial charge is 0.455 e. The number of hydrogen-bond acceptors (Lipinski definition) is 4. The van der Waals surface area contributed by atoms with Gasteiger partial charge in [-0.15, -0.1) is 0 Å². The van der Waals surface area contributed by atoms with Crippen molar-refractivity contribution in [2.75, 3.05) is 6.61 Å². The third-order valence-electron chi connectivity index (χ3n) is 4.58. The van der Waals surface area contributed by atoms with Crippen LogP contribution in [-0.2, 0) is 27.3 Å². The van der Waals surface area contributed by atoms with Crippen LogP contribution in [-0.4, -0.2) is 34.3 Å². The Labute approximate surface area is 164 Å². The highest BCUT2D eigenvalue weighted by Crippen LogP contribution is 2.16. The number of nitrogens with zero attached hydrogens (tertiary/aromatic N) is 2. The Hall–Kier alpha value is -1.85. The van der Waals surface area contributed by atoms with Crippen molar-refractivity contribution in [2.24, 2.45) is 11.8 Å². The van der Waals surface area contributed by atoms with Crippen molar-refractivity contribution in [3.05, 3.63) is 17.0 Å². The van der Waals surface area contributed by atoms with Gasteiger partial charge in [-0.2, -0.15) is 5.10 Å². The molecule has 1 aromatic rings. The van der Waals surface area contributed by atoms with Crippen LogP contribution in [0.3, 0.4) is 0 Å². The summed E-state index contributed by atoms with van der Waals surface area (Å²) in [5.74, 6) is 0.511. The minimum atomic E-state index is -0.395. The summed E-state index contributed by atoms with van der Waals surface area (Å²) in [7, 11) is 0. The highest BCUT2D eigenvalue weighted by atomic mass is 16.5. The molecular weight excluding hydrogens is 342 g/mol. The monoisotopic (exact) mass is 379 g/mol. The highest BCUT2D eigenvalue weighted by Gasteiger charge is 2.17. The maximum atomic E-state index is 12.1. The van der Waals surface area contributed by atoms with Gasteiger partial charge in [0.25, 0.3) is 5.91 Å². The second kappa shape index (κ2) is 11.1. The van der Waals surface area contributed by atoms with E-state index in [1.54, 1.807) is 0 Å². The van der Waals surface area contributed by atoms with Gasteiger partial charge in [0.2, 0.25) is 0 Å². The second-order valence-electron chi connectivity index (χ2n) is 8.36. The van der Waals surface area contributed by atoms with Crippen molar-refractivity contribution in [2.45, 2.75) is 86.7 Å². The van der Waals surface area contributed by atoms with Crippen molar-refractivity contribution in [1.82, 2.24) is 15.1 Å². The van der Waals surface area contributed by atoms with Crippen molar-refractivity contribution in [3.8, 4) is 0 Å². The molecule has 1 unspecified atom stereocenters. The number of esters is 1. The molecule has 0 aromatic carbocycles. The molecule has 1 aromatic heterocycles. The number of amides is 1. The van der Waals surface area contributed by atoms with Gasteiger partial charge in [-0.25, -0.2) is 0 Å². The van der Waals surface area contributed by atoms with Gasteiger partial charge in [0, 0.05) is 23.8 Å². The van der Waals surface area contributed by atoms with E-state index in [1.807, 2.05) is 25.5 Å². The van der Waals surface area contributed by atoms with E-state index in [-0.39, 0.29) is 25.0 Å². The van der Waals surface area contributed by atoms with Crippen LogP contribution in [0.15, 0.2) is 0 Å². The molecule has 1 atom stereocenters. The standard InChI is InChI=1S/C21H37N3O3/c1-14(2)9-8-10-16(5)22-20(25)13-27-21(26)11-19-17(6)23-24(18(19)7)12-15(3)4/h14-16H,8-13H2,1-7H3,(H,22,25). The van der Waals surface area contributed by atoms with Gasteiger partial charge in [-0.3, -0.25) is 14.3 Å². The van der Waals surface area contributed by atoms with Crippen molar-refractivity contribution < 1.29 is 14.3 Å². The van der Waals surface area contributed by atoms with E-state index in [2.05, 4.69) is 38.1 Å². The minimum Gasteiger partial charge on any atom is -0.455 e. The minimum absolute atomic E-state index is 0.0914. The first-order valence-electron chi connectivity index (χ1n) is 10.1. The zero-order chi connectivity index (χ0) is 20.6. The Morgan fingerprint density at radius 2 is 1.74 bits per heavy atom. The number of hydrogen-bond donors (Lipinski definition) is 1. The van der Waals surface area contributed by atoms with Crippen LogP contribution in [0.5, 0.6) is 0 Å². The van der Waals surface area contributed by atoms with E-state index in [0.29, 0.717) is 11.8 Å². The van der Waals surface area contributed by atoms with Crippen molar-refractivity contribution >= 4 is 11.9 Å². The summed E-state index contributed by atoms with van der Waals surface area (Å²) >= 11 is 0. The van der Waals surface area contributed by atoms with Crippen LogP contribution in [0, 0.1) is 25.7 Å². The summed E-state index contributed by atoms with van der Waals surface area (Å²) in [6.07, 6.45) is 3.31. The topological polar surface area (TPSA) is 73.2 Å². The van der Waals surface area contributed by atoms with Gasteiger partial charge >= 0.3 is 5.97 Å². The molecule has 0 fully saturated rings. The van der Waals surface area contributed by atoms with Crippen LogP contribution in [0.1, 0.15) is 70.8 Å². The molecule has 0 spiro atoms. The van der Waals surface area contributed by atoms with Gasteiger partial charge in [0.15, 0.2) is 6.61 Å². The van der Waals surface area contributed by atoms with Crippen LogP contribution >= 0.6 is 0 Å². The normalized spacial score (nSPS) is 12.5. The Morgan fingerprint density at radius 3 is 2.33 bits per heavy atom. The number of nitrogens with one attached hydrogen (secondary N) is 1. The lowest BCUT2D eigenvalue weighted by atomic mass is 10.0. The summed E-state index contributed by atoms with van der Waals surface area (Å²) in [5, 5.41) is 7.40. The maximum absolute atomic E-state index is 12.1. The van der Waals surface area contributed by atoms with Gasteiger partial charge in [0.05, 0.1) is 12.1 Å². The lowest BCUT2D eigenvalue weighted by molar-refractivity contribution is -0.148. The van der Waals surface area contributed by atoms with Gasteiger partial charge < -0.3 is 10.1 Å². The molecule has 0 aliphatic heterocycles. The molecule has 0 aliphatic carbocycles. The average Bonchev–Trinajstić information content (AvgIpc) is 2.79. The molecule has 6 nitrogen and oxygen atoms in total. The molecule has 27 heavy (non-hydrogen) atoms. The number of aryl methyl sites for hydroxylation is 1. The summed E-state index contributed by atoms with van der Waals surface area (Å²) in [4.78, 5) is 24.1. The van der Waals surface area contributed by atoms with Gasteiger partial charge in [-0.05, 0) is 39.0 Å². The number of rotatable bonds is 11. The molecule has 1 amide bonds. The van der Waals surface area contributed by atoms with E-state index in [0.717, 1.165) is 42.8 Å². The van der Waals surface area contributed by atoms with E-state index < -0.39 is 5.97 Å². The van der Waals surface area contributed by atoms with Crippen molar-refractivity contribution in [3.63, 3.8) is 0 Å². The molecule has 1 rings (SSSR count). The third-order valence-corrected chi connectivity index (χ3v) is 4.58. The Morgan fingerprint density at radius 1 is 1.07 bits per heavy atom. The quantitative estimate of drug-likeness (QED) is 0.597. The lowest BCUT2D eigenvalue weighted by Crippen LogP contribution is -2.36. The molecule has 0 saturated heterocycles. The zero-order valence-electron chi connectivity index (χ0n) is 18.1. The third kappa shape index (κ3) is 8.59. The molecule has 154 valence electrons. The average molecular weight is 380 g/mol.